The SMILES string of the molecule is CCCC(CC)Nc1cc(C(=O)O)ccc1C. The number of aryl methyl sites for hydroxylation is 1. The maximum atomic E-state index is 10.9. The Balaban J connectivity index is 2.88. The highest BCUT2D eigenvalue weighted by Crippen LogP contribution is 2.20. The van der Waals surface area contributed by atoms with Gasteiger partial charge in [-0.05, 0) is 37.5 Å². The molecule has 0 saturated carbocycles. The molecule has 17 heavy (non-hydrogen) atoms. The minimum Gasteiger partial charge on any atom is -0.478 e. The fraction of sp³-hybridized carbons (Fsp3) is 0.500. The van der Waals surface area contributed by atoms with Gasteiger partial charge in [-0.2, -0.15) is 0 Å². The summed E-state index contributed by atoms with van der Waals surface area (Å²) in [4.78, 5) is 10.9. The van der Waals surface area contributed by atoms with Gasteiger partial charge in [0.25, 0.3) is 0 Å². The lowest BCUT2D eigenvalue weighted by Gasteiger charge is -2.19. The molecule has 1 aromatic carbocycles. The summed E-state index contributed by atoms with van der Waals surface area (Å²) < 4.78 is 0. The summed E-state index contributed by atoms with van der Waals surface area (Å²) in [6, 6.07) is 5.63. The van der Waals surface area contributed by atoms with Crippen molar-refractivity contribution >= 4 is 11.7 Å². The van der Waals surface area contributed by atoms with E-state index in [9.17, 15) is 4.79 Å². The average molecular weight is 235 g/mol. The van der Waals surface area contributed by atoms with E-state index in [2.05, 4.69) is 19.2 Å². The third-order valence-electron chi connectivity index (χ3n) is 2.97. The third-order valence-corrected chi connectivity index (χ3v) is 2.97. The van der Waals surface area contributed by atoms with Crippen LogP contribution in [0.15, 0.2) is 18.2 Å². The number of anilines is 1. The number of benzene rings is 1. The average Bonchev–Trinajstić information content (AvgIpc) is 2.30. The molecule has 0 fully saturated rings. The Labute approximate surface area is 103 Å². The Kier molecular flexibility index (Phi) is 5.01. The van der Waals surface area contributed by atoms with Crippen molar-refractivity contribution in [3.8, 4) is 0 Å². The van der Waals surface area contributed by atoms with E-state index in [0.717, 1.165) is 30.5 Å². The largest absolute Gasteiger partial charge is 0.478 e. The molecule has 3 heteroatoms. The Morgan fingerprint density at radius 1 is 1.41 bits per heavy atom. The minimum absolute atomic E-state index is 0.337. The molecule has 0 aliphatic carbocycles. The molecular formula is C14H21NO2. The summed E-state index contributed by atoms with van der Waals surface area (Å²) >= 11 is 0. The third kappa shape index (κ3) is 3.77. The molecule has 1 rings (SSSR count). The summed E-state index contributed by atoms with van der Waals surface area (Å²) in [6.45, 7) is 6.29. The van der Waals surface area contributed by atoms with Gasteiger partial charge in [0.2, 0.25) is 0 Å². The molecule has 0 bridgehead atoms. The lowest BCUT2D eigenvalue weighted by atomic mass is 10.1. The second-order valence-corrected chi connectivity index (χ2v) is 4.37. The zero-order chi connectivity index (χ0) is 12.8. The Bertz CT molecular complexity index is 388. The second kappa shape index (κ2) is 6.28. The monoisotopic (exact) mass is 235 g/mol. The summed E-state index contributed by atoms with van der Waals surface area (Å²) in [7, 11) is 0. The van der Waals surface area contributed by atoms with Crippen molar-refractivity contribution in [2.45, 2.75) is 46.1 Å². The van der Waals surface area contributed by atoms with Crippen LogP contribution in [-0.4, -0.2) is 17.1 Å². The van der Waals surface area contributed by atoms with Crippen molar-refractivity contribution in [3.63, 3.8) is 0 Å². The molecule has 0 spiro atoms. The Morgan fingerprint density at radius 2 is 2.12 bits per heavy atom. The van der Waals surface area contributed by atoms with Crippen LogP contribution in [0.25, 0.3) is 0 Å². The van der Waals surface area contributed by atoms with E-state index in [1.807, 2.05) is 13.0 Å². The number of carbonyl (C=O) groups is 1. The van der Waals surface area contributed by atoms with E-state index in [4.69, 9.17) is 5.11 Å². The number of rotatable bonds is 6. The van der Waals surface area contributed by atoms with E-state index >= 15 is 0 Å². The van der Waals surface area contributed by atoms with Gasteiger partial charge in [0.05, 0.1) is 5.56 Å². The highest BCUT2D eigenvalue weighted by molar-refractivity contribution is 5.89. The number of carboxylic acids is 1. The standard InChI is InChI=1S/C14H21NO2/c1-4-6-12(5-2)15-13-9-11(14(16)17)8-7-10(13)3/h7-9,12,15H,4-6H2,1-3H3,(H,16,17). The van der Waals surface area contributed by atoms with E-state index < -0.39 is 5.97 Å². The van der Waals surface area contributed by atoms with Gasteiger partial charge >= 0.3 is 5.97 Å². The summed E-state index contributed by atoms with van der Waals surface area (Å²) in [5.41, 5.74) is 2.36. The predicted octanol–water partition coefficient (Wildman–Crippen LogP) is 3.68. The normalized spacial score (nSPS) is 12.2. The van der Waals surface area contributed by atoms with E-state index in [0.29, 0.717) is 11.6 Å². The van der Waals surface area contributed by atoms with E-state index in [1.165, 1.54) is 0 Å². The van der Waals surface area contributed by atoms with Crippen molar-refractivity contribution in [1.82, 2.24) is 0 Å². The number of carboxylic acid groups (broad SMARTS) is 1. The topological polar surface area (TPSA) is 49.3 Å². The molecule has 0 aliphatic rings. The molecule has 0 aliphatic heterocycles. The van der Waals surface area contributed by atoms with Crippen LogP contribution in [0.4, 0.5) is 5.69 Å². The van der Waals surface area contributed by atoms with Crippen LogP contribution in [0.5, 0.6) is 0 Å². The van der Waals surface area contributed by atoms with Crippen LogP contribution in [0.2, 0.25) is 0 Å². The molecule has 1 atom stereocenters. The van der Waals surface area contributed by atoms with Gasteiger partial charge in [0, 0.05) is 11.7 Å². The smallest absolute Gasteiger partial charge is 0.335 e. The molecule has 0 saturated heterocycles. The van der Waals surface area contributed by atoms with Crippen LogP contribution >= 0.6 is 0 Å². The molecule has 0 heterocycles. The minimum atomic E-state index is -0.878. The van der Waals surface area contributed by atoms with Crippen LogP contribution < -0.4 is 5.32 Å². The number of aromatic carboxylic acids is 1. The zero-order valence-electron chi connectivity index (χ0n) is 10.8. The van der Waals surface area contributed by atoms with Gasteiger partial charge in [0.15, 0.2) is 0 Å². The molecule has 0 radical (unpaired) electrons. The molecule has 0 amide bonds. The number of hydrogen-bond acceptors (Lipinski definition) is 2. The van der Waals surface area contributed by atoms with Crippen LogP contribution in [-0.2, 0) is 0 Å². The highest BCUT2D eigenvalue weighted by Gasteiger charge is 2.09. The first kappa shape index (κ1) is 13.6. The Hall–Kier alpha value is -1.51. The Morgan fingerprint density at radius 3 is 2.65 bits per heavy atom. The van der Waals surface area contributed by atoms with Crippen LogP contribution in [0.3, 0.4) is 0 Å². The molecule has 94 valence electrons. The lowest BCUT2D eigenvalue weighted by Crippen LogP contribution is -2.18. The van der Waals surface area contributed by atoms with Crippen molar-refractivity contribution in [2.24, 2.45) is 0 Å². The zero-order valence-corrected chi connectivity index (χ0v) is 10.8. The number of hydrogen-bond donors (Lipinski definition) is 2. The molecule has 2 N–H and O–H groups in total. The lowest BCUT2D eigenvalue weighted by molar-refractivity contribution is 0.0697. The van der Waals surface area contributed by atoms with E-state index in [1.54, 1.807) is 12.1 Å². The number of nitrogens with one attached hydrogen (secondary N) is 1. The van der Waals surface area contributed by atoms with Crippen LogP contribution in [0, 0.1) is 6.92 Å². The van der Waals surface area contributed by atoms with Crippen molar-refractivity contribution < 1.29 is 9.90 Å². The molecule has 1 aromatic rings. The predicted molar refractivity (Wildman–Crippen MR) is 70.7 cm³/mol. The van der Waals surface area contributed by atoms with Gasteiger partial charge in [0.1, 0.15) is 0 Å². The second-order valence-electron chi connectivity index (χ2n) is 4.37. The summed E-state index contributed by atoms with van der Waals surface area (Å²) in [5.74, 6) is -0.878. The fourth-order valence-corrected chi connectivity index (χ4v) is 1.86. The van der Waals surface area contributed by atoms with Gasteiger partial charge in [-0.3, -0.25) is 0 Å². The molecule has 1 unspecified atom stereocenters. The fourth-order valence-electron chi connectivity index (χ4n) is 1.86. The summed E-state index contributed by atoms with van der Waals surface area (Å²) in [6.07, 6.45) is 3.28. The molecule has 3 nitrogen and oxygen atoms in total. The maximum absolute atomic E-state index is 10.9. The van der Waals surface area contributed by atoms with Gasteiger partial charge in [-0.15, -0.1) is 0 Å². The highest BCUT2D eigenvalue weighted by atomic mass is 16.4. The first-order chi connectivity index (χ1) is 8.08. The van der Waals surface area contributed by atoms with Gasteiger partial charge in [-0.1, -0.05) is 26.3 Å². The van der Waals surface area contributed by atoms with Crippen molar-refractivity contribution in [2.75, 3.05) is 5.32 Å². The van der Waals surface area contributed by atoms with E-state index in [-0.39, 0.29) is 0 Å². The first-order valence-electron chi connectivity index (χ1n) is 6.19. The molecular weight excluding hydrogens is 214 g/mol. The van der Waals surface area contributed by atoms with Crippen molar-refractivity contribution in [3.05, 3.63) is 29.3 Å². The quantitative estimate of drug-likeness (QED) is 0.790. The van der Waals surface area contributed by atoms with Crippen molar-refractivity contribution in [1.29, 1.82) is 0 Å². The molecule has 0 aromatic heterocycles. The van der Waals surface area contributed by atoms with Gasteiger partial charge < -0.3 is 10.4 Å². The van der Waals surface area contributed by atoms with Gasteiger partial charge in [-0.25, -0.2) is 4.79 Å². The van der Waals surface area contributed by atoms with Crippen LogP contribution in [0.1, 0.15) is 49.0 Å². The maximum Gasteiger partial charge on any atom is 0.335 e. The first-order valence-corrected chi connectivity index (χ1v) is 6.19. The summed E-state index contributed by atoms with van der Waals surface area (Å²) in [5, 5.41) is 12.4.